The summed E-state index contributed by atoms with van der Waals surface area (Å²) in [6, 6.07) is 0. The van der Waals surface area contributed by atoms with E-state index in [1.54, 1.807) is 0 Å². The lowest BCUT2D eigenvalue weighted by Gasteiger charge is -1.86. The largest absolute Gasteiger partial charge is 0.309 e. The molecule has 0 saturated carbocycles. The molecule has 0 N–H and O–H groups in total. The molecule has 0 amide bonds. The number of nitrogens with zero attached hydrogens (tertiary/aromatic N) is 2. The van der Waals surface area contributed by atoms with Crippen molar-refractivity contribution in [3.63, 3.8) is 0 Å². The summed E-state index contributed by atoms with van der Waals surface area (Å²) in [6.45, 7) is 0. The van der Waals surface area contributed by atoms with Gasteiger partial charge in [0.1, 0.15) is 0 Å². The highest BCUT2D eigenvalue weighted by Crippen LogP contribution is 2.28. The molecule has 6 heteroatoms. The third-order valence-corrected chi connectivity index (χ3v) is 1.39. The average Bonchev–Trinajstić information content (AvgIpc) is 2.13. The molecule has 0 bridgehead atoms. The van der Waals surface area contributed by atoms with Gasteiger partial charge in [0.05, 0.1) is 0 Å². The first kappa shape index (κ1) is 6.34. The van der Waals surface area contributed by atoms with Crippen LogP contribution in [-0.4, -0.2) is 9.59 Å². The Labute approximate surface area is 53.1 Å². The topological polar surface area (TPSA) is 45.7 Å². The van der Waals surface area contributed by atoms with E-state index >= 15 is 0 Å². The second-order valence-corrected chi connectivity index (χ2v) is 2.03. The van der Waals surface area contributed by atoms with E-state index in [9.17, 15) is 13.9 Å². The molecule has 3 nitrogen and oxygen atoms in total. The van der Waals surface area contributed by atoms with Crippen LogP contribution < -0.4 is 0 Å². The van der Waals surface area contributed by atoms with Crippen molar-refractivity contribution in [1.82, 2.24) is 9.59 Å². The summed E-state index contributed by atoms with van der Waals surface area (Å²) in [4.78, 5) is -0.588. The van der Waals surface area contributed by atoms with Crippen molar-refractivity contribution < 1.29 is 13.9 Å². The number of halogens is 2. The second kappa shape index (κ2) is 2.22. The zero-order valence-corrected chi connectivity index (χ0v) is 4.86. The number of rotatable bonds is 1. The van der Waals surface area contributed by atoms with Crippen molar-refractivity contribution in [1.29, 1.82) is 0 Å². The van der Waals surface area contributed by atoms with Crippen molar-refractivity contribution in [3.05, 3.63) is 4.88 Å². The number of hydrogen-bond donors (Lipinski definition) is 0. The van der Waals surface area contributed by atoms with E-state index in [2.05, 4.69) is 9.59 Å². The molecule has 9 heavy (non-hydrogen) atoms. The van der Waals surface area contributed by atoms with Gasteiger partial charge in [-0.2, -0.15) is 0 Å². The summed E-state index contributed by atoms with van der Waals surface area (Å²) in [6.07, 6.45) is -2.74. The van der Waals surface area contributed by atoms with Gasteiger partial charge in [0.2, 0.25) is 0 Å². The van der Waals surface area contributed by atoms with Crippen LogP contribution in [0.4, 0.5) is 8.78 Å². The first-order valence-corrected chi connectivity index (χ1v) is 2.76. The van der Waals surface area contributed by atoms with Crippen LogP contribution in [0.1, 0.15) is 11.3 Å². The Morgan fingerprint density at radius 2 is 2.22 bits per heavy atom. The highest BCUT2D eigenvalue weighted by atomic mass is 32.1. The van der Waals surface area contributed by atoms with E-state index in [0.29, 0.717) is 11.5 Å². The highest BCUT2D eigenvalue weighted by Gasteiger charge is 2.17. The molecule has 0 unspecified atom stereocenters. The van der Waals surface area contributed by atoms with Gasteiger partial charge in [-0.1, -0.05) is 9.59 Å². The highest BCUT2D eigenvalue weighted by molar-refractivity contribution is 7.05. The van der Waals surface area contributed by atoms with E-state index in [1.807, 2.05) is 0 Å². The minimum Gasteiger partial charge on any atom is -0.264 e. The Kier molecular flexibility index (Phi) is 1.56. The summed E-state index contributed by atoms with van der Waals surface area (Å²) in [7, 11) is 0. The lowest BCUT2D eigenvalue weighted by Crippen LogP contribution is -1.75. The molecule has 0 atom stereocenters. The van der Waals surface area contributed by atoms with Crippen LogP contribution in [0.25, 0.3) is 0 Å². The van der Waals surface area contributed by atoms with Gasteiger partial charge in [-0.05, 0) is 11.5 Å². The quantitative estimate of drug-likeness (QED) is 0.612. The summed E-state index contributed by atoms with van der Waals surface area (Å²) < 4.78 is 26.2. The average molecular weight is 151 g/mol. The van der Waals surface area contributed by atoms with Gasteiger partial charge < -0.3 is 0 Å². The molecule has 0 aromatic carbocycles. The first-order valence-electron chi connectivity index (χ1n) is 1.99. The molecule has 0 spiro atoms. The molecule has 49 valence electrons. The lowest BCUT2D eigenvalue weighted by atomic mass is 10.5. The summed E-state index contributed by atoms with van der Waals surface area (Å²) in [5, 5.41) is 13.1. The summed E-state index contributed by atoms with van der Waals surface area (Å²) in [5.74, 6) is -0.921. The maximum absolute atomic E-state index is 11.6. The van der Waals surface area contributed by atoms with Crippen LogP contribution in [0.3, 0.4) is 0 Å². The van der Waals surface area contributed by atoms with E-state index in [4.69, 9.17) is 0 Å². The summed E-state index contributed by atoms with van der Waals surface area (Å²) >= 11 is 0.434. The minimum atomic E-state index is -2.74. The molecule has 0 aliphatic rings. The third-order valence-electron chi connectivity index (χ3n) is 0.680. The molecular formula is C3HF2N2OS. The Bertz CT molecular complexity index is 201. The molecule has 0 fully saturated rings. The fourth-order valence-electron chi connectivity index (χ4n) is 0.323. The summed E-state index contributed by atoms with van der Waals surface area (Å²) in [5.41, 5.74) is 0. The maximum atomic E-state index is 11.6. The van der Waals surface area contributed by atoms with Gasteiger partial charge in [-0.25, -0.2) is 8.78 Å². The minimum absolute atomic E-state index is 0.434. The fourth-order valence-corrected chi connectivity index (χ4v) is 0.725. The van der Waals surface area contributed by atoms with Gasteiger partial charge in [-0.15, -0.1) is 0 Å². The van der Waals surface area contributed by atoms with Gasteiger partial charge in [-0.3, -0.25) is 5.11 Å². The van der Waals surface area contributed by atoms with Crippen LogP contribution in [-0.2, 0) is 5.11 Å². The maximum Gasteiger partial charge on any atom is 0.309 e. The Morgan fingerprint density at radius 1 is 1.56 bits per heavy atom. The fraction of sp³-hybridized carbons (Fsp3) is 0.333. The molecule has 1 aromatic rings. The third kappa shape index (κ3) is 1.13. The van der Waals surface area contributed by atoms with E-state index < -0.39 is 17.2 Å². The normalized spacial score (nSPS) is 10.6. The van der Waals surface area contributed by atoms with Gasteiger partial charge in [0, 0.05) is 0 Å². The van der Waals surface area contributed by atoms with Gasteiger partial charge in [0.25, 0.3) is 6.43 Å². The first-order chi connectivity index (χ1) is 4.22. The Hall–Kier alpha value is -0.780. The van der Waals surface area contributed by atoms with Gasteiger partial charge in [0.15, 0.2) is 4.88 Å². The SMILES string of the molecule is [O]c1nnsc1C(F)F. The standard InChI is InChI=1S/C3HF2N2OS/c4-2(5)1-3(8)6-7-9-1/h2H. The van der Waals surface area contributed by atoms with E-state index in [-0.39, 0.29) is 0 Å². The molecule has 0 aliphatic carbocycles. The predicted molar refractivity (Wildman–Crippen MR) is 25.0 cm³/mol. The van der Waals surface area contributed by atoms with Crippen LogP contribution in [0.5, 0.6) is 5.88 Å². The molecule has 0 saturated heterocycles. The van der Waals surface area contributed by atoms with Crippen molar-refractivity contribution in [3.8, 4) is 5.88 Å². The molecule has 1 radical (unpaired) electrons. The number of alkyl halides is 2. The molecular weight excluding hydrogens is 150 g/mol. The van der Waals surface area contributed by atoms with Crippen LogP contribution in [0, 0.1) is 0 Å². The molecule has 1 aromatic heterocycles. The zero-order valence-electron chi connectivity index (χ0n) is 4.04. The smallest absolute Gasteiger partial charge is 0.264 e. The number of hydrogen-bond acceptors (Lipinski definition) is 3. The Morgan fingerprint density at radius 3 is 2.44 bits per heavy atom. The zero-order chi connectivity index (χ0) is 6.85. The van der Waals surface area contributed by atoms with Crippen molar-refractivity contribution in [2.45, 2.75) is 6.43 Å². The van der Waals surface area contributed by atoms with E-state index in [1.165, 1.54) is 0 Å². The monoisotopic (exact) mass is 151 g/mol. The van der Waals surface area contributed by atoms with Crippen LogP contribution in [0.2, 0.25) is 0 Å². The van der Waals surface area contributed by atoms with Crippen LogP contribution in [0.15, 0.2) is 0 Å². The second-order valence-electron chi connectivity index (χ2n) is 1.24. The lowest BCUT2D eigenvalue weighted by molar-refractivity contribution is 0.148. The van der Waals surface area contributed by atoms with Crippen molar-refractivity contribution in [2.24, 2.45) is 0 Å². The van der Waals surface area contributed by atoms with Crippen LogP contribution >= 0.6 is 11.5 Å². The molecule has 1 rings (SSSR count). The predicted octanol–water partition coefficient (Wildman–Crippen LogP) is 1.62. The van der Waals surface area contributed by atoms with Gasteiger partial charge >= 0.3 is 5.88 Å². The molecule has 1 heterocycles. The Balaban J connectivity index is 2.94. The molecule has 0 aliphatic heterocycles. The van der Waals surface area contributed by atoms with Crippen molar-refractivity contribution in [2.75, 3.05) is 0 Å². The number of aromatic nitrogens is 2. The van der Waals surface area contributed by atoms with E-state index in [0.717, 1.165) is 0 Å². The van der Waals surface area contributed by atoms with Crippen molar-refractivity contribution >= 4 is 11.5 Å².